The van der Waals surface area contributed by atoms with Gasteiger partial charge in [0.05, 0.1) is 0 Å². The predicted molar refractivity (Wildman–Crippen MR) is 103 cm³/mol. The first-order valence-electron chi connectivity index (χ1n) is 8.98. The van der Waals surface area contributed by atoms with Crippen molar-refractivity contribution >= 4 is 5.97 Å². The zero-order valence-corrected chi connectivity index (χ0v) is 18.7. The van der Waals surface area contributed by atoms with Gasteiger partial charge in [-0.15, -0.1) is 0 Å². The Bertz CT molecular complexity index is 909. The molecule has 26 heavy (non-hydrogen) atoms. The number of carbonyl (C=O) groups is 1. The molecule has 0 aromatic heterocycles. The van der Waals surface area contributed by atoms with E-state index in [0.29, 0.717) is 0 Å². The number of benzene rings is 2. The van der Waals surface area contributed by atoms with E-state index in [9.17, 15) is 4.79 Å². The predicted octanol–water partition coefficient (Wildman–Crippen LogP) is 5.51. The van der Waals surface area contributed by atoms with Crippen LogP contribution in [0.1, 0.15) is 67.1 Å². The Labute approximate surface area is 169 Å². The fourth-order valence-corrected chi connectivity index (χ4v) is 4.29. The van der Waals surface area contributed by atoms with Crippen molar-refractivity contribution < 1.29 is 28.1 Å². The first kappa shape index (κ1) is 20.8. The Morgan fingerprint density at radius 1 is 0.538 bits per heavy atom. The van der Waals surface area contributed by atoms with Gasteiger partial charge in [-0.25, -0.2) is 0 Å². The summed E-state index contributed by atoms with van der Waals surface area (Å²) in [5.41, 5.74) is 13.2. The van der Waals surface area contributed by atoms with Crippen LogP contribution in [0.4, 0.5) is 0 Å². The molecule has 0 saturated carbocycles. The second-order valence-corrected chi connectivity index (χ2v) is 7.64. The molecule has 0 N–H and O–H groups in total. The summed E-state index contributed by atoms with van der Waals surface area (Å²) in [5.74, 6) is 0.330. The smallest absolute Gasteiger partial charge is 0.323 e. The van der Waals surface area contributed by atoms with Gasteiger partial charge < -0.3 is 4.74 Å². The van der Waals surface area contributed by atoms with Gasteiger partial charge in [-0.3, -0.25) is 4.79 Å². The van der Waals surface area contributed by atoms with E-state index in [4.69, 9.17) is 4.74 Å². The maximum atomic E-state index is 12.9. The van der Waals surface area contributed by atoms with Gasteiger partial charge >= 0.3 is 5.97 Å². The fourth-order valence-electron chi connectivity index (χ4n) is 4.29. The number of hydrogen-bond acceptors (Lipinski definition) is 2. The first-order valence-corrected chi connectivity index (χ1v) is 8.98. The molecule has 0 bridgehead atoms. The molecule has 2 aromatic rings. The van der Waals surface area contributed by atoms with Crippen molar-refractivity contribution in [1.82, 2.24) is 0 Å². The molecular weight excluding hydrogens is 359 g/mol. The Morgan fingerprint density at radius 3 is 1.35 bits per heavy atom. The third-order valence-corrected chi connectivity index (χ3v) is 6.75. The molecule has 3 rings (SSSR count). The van der Waals surface area contributed by atoms with Crippen molar-refractivity contribution in [1.29, 1.82) is 0 Å². The number of ether oxygens (including phenoxy) is 1. The van der Waals surface area contributed by atoms with Crippen LogP contribution in [0.15, 0.2) is 0 Å². The molecule has 0 amide bonds. The van der Waals surface area contributed by atoms with Crippen molar-refractivity contribution in [2.75, 3.05) is 0 Å². The molecule has 0 aliphatic carbocycles. The minimum atomic E-state index is -0.314. The van der Waals surface area contributed by atoms with E-state index in [-0.39, 0.29) is 30.4 Å². The Hall–Kier alpha value is -1.51. The van der Waals surface area contributed by atoms with Gasteiger partial charge in [0.15, 0.2) is 0 Å². The molecule has 0 spiro atoms. The van der Waals surface area contributed by atoms with Crippen LogP contribution in [0.25, 0.3) is 0 Å². The molecule has 1 radical (unpaired) electrons. The molecule has 2 nitrogen and oxygen atoms in total. The molecule has 2 aromatic carbocycles. The molecule has 3 heteroatoms. The fraction of sp³-hybridized carbons (Fsp3) is 0.435. The standard InChI is InChI=1S/C23H28O2.V/c1-10-11(2)15(6)19(16(7)12(10)3)21-20-17(8)13(4)14(5)18(9)22(20)25-23(21)24;/h21H,1-9H3;. The summed E-state index contributed by atoms with van der Waals surface area (Å²) in [5, 5.41) is 0. The van der Waals surface area contributed by atoms with E-state index < -0.39 is 0 Å². The van der Waals surface area contributed by atoms with Crippen molar-refractivity contribution in [2.24, 2.45) is 0 Å². The molecule has 1 heterocycles. The van der Waals surface area contributed by atoms with E-state index in [1.165, 1.54) is 44.5 Å². The van der Waals surface area contributed by atoms with Crippen molar-refractivity contribution in [3.63, 3.8) is 0 Å². The quantitative estimate of drug-likeness (QED) is 0.476. The van der Waals surface area contributed by atoms with Gasteiger partial charge in [-0.2, -0.15) is 0 Å². The van der Waals surface area contributed by atoms with Crippen LogP contribution >= 0.6 is 0 Å². The van der Waals surface area contributed by atoms with Crippen molar-refractivity contribution in [3.8, 4) is 5.75 Å². The molecule has 137 valence electrons. The molecule has 1 atom stereocenters. The Morgan fingerprint density at radius 2 is 0.885 bits per heavy atom. The van der Waals surface area contributed by atoms with Crippen LogP contribution in [-0.4, -0.2) is 5.97 Å². The molecule has 1 aliphatic rings. The maximum absolute atomic E-state index is 12.9. The maximum Gasteiger partial charge on any atom is 0.323 e. The van der Waals surface area contributed by atoms with Crippen LogP contribution in [0, 0.1) is 62.3 Å². The van der Waals surface area contributed by atoms with Gasteiger partial charge in [-0.05, 0) is 118 Å². The largest absolute Gasteiger partial charge is 0.425 e. The minimum absolute atomic E-state index is 0. The zero-order chi connectivity index (χ0) is 18.8. The molecule has 1 aliphatic heterocycles. The van der Waals surface area contributed by atoms with Crippen LogP contribution in [0.5, 0.6) is 5.75 Å². The average Bonchev–Trinajstić information content (AvgIpc) is 2.92. The summed E-state index contributed by atoms with van der Waals surface area (Å²) in [7, 11) is 0. The van der Waals surface area contributed by atoms with Crippen molar-refractivity contribution in [2.45, 2.75) is 68.2 Å². The van der Waals surface area contributed by atoms with Crippen LogP contribution in [0.2, 0.25) is 0 Å². The van der Waals surface area contributed by atoms with Gasteiger partial charge in [0.1, 0.15) is 11.7 Å². The number of esters is 1. The number of carbonyl (C=O) groups excluding carboxylic acids is 1. The Kier molecular flexibility index (Phi) is 5.52. The van der Waals surface area contributed by atoms with Gasteiger partial charge in [0.2, 0.25) is 0 Å². The summed E-state index contributed by atoms with van der Waals surface area (Å²) < 4.78 is 5.80. The summed E-state index contributed by atoms with van der Waals surface area (Å²) in [6.07, 6.45) is 0. The van der Waals surface area contributed by atoms with E-state index >= 15 is 0 Å². The second kappa shape index (κ2) is 6.90. The van der Waals surface area contributed by atoms with Gasteiger partial charge in [0.25, 0.3) is 0 Å². The first-order chi connectivity index (χ1) is 11.6. The monoisotopic (exact) mass is 387 g/mol. The number of hydrogen-bond donors (Lipinski definition) is 0. The summed E-state index contributed by atoms with van der Waals surface area (Å²) in [6.45, 7) is 19.2. The van der Waals surface area contributed by atoms with Crippen LogP contribution in [-0.2, 0) is 23.4 Å². The minimum Gasteiger partial charge on any atom is -0.425 e. The molecular formula is C23H28O2V. The molecule has 0 fully saturated rings. The van der Waals surface area contributed by atoms with Gasteiger partial charge in [0, 0.05) is 24.1 Å². The average molecular weight is 387 g/mol. The van der Waals surface area contributed by atoms with E-state index in [2.05, 4.69) is 62.3 Å². The number of fused-ring (bicyclic) bond motifs is 1. The van der Waals surface area contributed by atoms with Crippen molar-refractivity contribution in [3.05, 3.63) is 61.2 Å². The third kappa shape index (κ3) is 2.66. The topological polar surface area (TPSA) is 26.3 Å². The van der Waals surface area contributed by atoms with E-state index in [0.717, 1.165) is 22.4 Å². The van der Waals surface area contributed by atoms with Gasteiger partial charge in [-0.1, -0.05) is 0 Å². The Balaban J connectivity index is 0.00000243. The molecule has 1 unspecified atom stereocenters. The SMILES string of the molecule is Cc1c(C)c(C)c(C2C(=O)Oc3c(C)c(C)c(C)c(C)c32)c(C)c1C.[V]. The molecule has 0 saturated heterocycles. The normalized spacial score (nSPS) is 15.6. The van der Waals surface area contributed by atoms with Crippen LogP contribution in [0.3, 0.4) is 0 Å². The summed E-state index contributed by atoms with van der Waals surface area (Å²) >= 11 is 0. The summed E-state index contributed by atoms with van der Waals surface area (Å²) in [4.78, 5) is 12.9. The van der Waals surface area contributed by atoms with E-state index in [1.807, 2.05) is 0 Å². The summed E-state index contributed by atoms with van der Waals surface area (Å²) in [6, 6.07) is 0. The second-order valence-electron chi connectivity index (χ2n) is 7.64. The van der Waals surface area contributed by atoms with Crippen LogP contribution < -0.4 is 4.74 Å². The third-order valence-electron chi connectivity index (χ3n) is 6.75. The van der Waals surface area contributed by atoms with E-state index in [1.54, 1.807) is 0 Å². The number of rotatable bonds is 1. The zero-order valence-electron chi connectivity index (χ0n) is 17.3.